The quantitative estimate of drug-likeness (QED) is 0.644. The molecule has 0 aromatic heterocycles. The van der Waals surface area contributed by atoms with Crippen molar-refractivity contribution in [2.24, 2.45) is 0 Å². The number of halogens is 1. The number of aryl methyl sites for hydroxylation is 1. The van der Waals surface area contributed by atoms with Gasteiger partial charge in [0.2, 0.25) is 0 Å². The maximum Gasteiger partial charge on any atom is 0.336 e. The predicted octanol–water partition coefficient (Wildman–Crippen LogP) is 4.24. The molecule has 126 valence electrons. The van der Waals surface area contributed by atoms with Crippen LogP contribution in [0.4, 0.5) is 10.1 Å². The van der Waals surface area contributed by atoms with Gasteiger partial charge in [0.1, 0.15) is 5.82 Å². The van der Waals surface area contributed by atoms with Crippen molar-refractivity contribution in [3.8, 4) is 0 Å². The molecule has 25 heavy (non-hydrogen) atoms. The number of anilines is 1. The summed E-state index contributed by atoms with van der Waals surface area (Å²) in [7, 11) is 0. The van der Waals surface area contributed by atoms with E-state index < -0.39 is 17.7 Å². The molecule has 4 nitrogen and oxygen atoms in total. The minimum atomic E-state index is -1.08. The Morgan fingerprint density at radius 3 is 2.68 bits per heavy atom. The van der Waals surface area contributed by atoms with E-state index >= 15 is 0 Å². The third kappa shape index (κ3) is 3.33. The SMILES string of the molecule is Cc1ccc(N2C(=O)C(=Cc3ccccc3F)SC2=S)cc1C(=O)O. The number of amides is 1. The van der Waals surface area contributed by atoms with Crippen LogP contribution in [0.5, 0.6) is 0 Å². The Bertz CT molecular complexity index is 940. The van der Waals surface area contributed by atoms with Crippen LogP contribution in [0.3, 0.4) is 0 Å². The normalized spacial score (nSPS) is 15.9. The van der Waals surface area contributed by atoms with Gasteiger partial charge in [0.05, 0.1) is 16.2 Å². The van der Waals surface area contributed by atoms with Crippen LogP contribution >= 0.6 is 24.0 Å². The fourth-order valence-corrected chi connectivity index (χ4v) is 3.69. The highest BCUT2D eigenvalue weighted by Gasteiger charge is 2.34. The lowest BCUT2D eigenvalue weighted by atomic mass is 10.1. The van der Waals surface area contributed by atoms with Crippen molar-refractivity contribution in [2.45, 2.75) is 6.92 Å². The standard InChI is InChI=1S/C18H12FNO3S2/c1-10-6-7-12(9-13(10)17(22)23)20-16(21)15(25-18(20)24)8-11-4-2-3-5-14(11)19/h2-9H,1H3,(H,22,23). The Morgan fingerprint density at radius 2 is 2.00 bits per heavy atom. The number of thiocarbonyl (C=S) groups is 1. The van der Waals surface area contributed by atoms with E-state index in [4.69, 9.17) is 12.2 Å². The zero-order valence-electron chi connectivity index (χ0n) is 13.0. The summed E-state index contributed by atoms with van der Waals surface area (Å²) in [5, 5.41) is 9.25. The van der Waals surface area contributed by atoms with Gasteiger partial charge in [0.25, 0.3) is 5.91 Å². The van der Waals surface area contributed by atoms with E-state index in [2.05, 4.69) is 0 Å². The Labute approximate surface area is 153 Å². The van der Waals surface area contributed by atoms with Gasteiger partial charge in [0, 0.05) is 5.56 Å². The number of hydrogen-bond acceptors (Lipinski definition) is 4. The van der Waals surface area contributed by atoms with E-state index in [0.717, 1.165) is 11.8 Å². The van der Waals surface area contributed by atoms with E-state index in [1.807, 2.05) is 0 Å². The first-order chi connectivity index (χ1) is 11.9. The smallest absolute Gasteiger partial charge is 0.336 e. The lowest BCUT2D eigenvalue weighted by Crippen LogP contribution is -2.27. The van der Waals surface area contributed by atoms with Crippen LogP contribution in [0.15, 0.2) is 47.4 Å². The van der Waals surface area contributed by atoms with Crippen molar-refractivity contribution in [2.75, 3.05) is 4.90 Å². The Balaban J connectivity index is 1.99. The molecule has 2 aromatic rings. The summed E-state index contributed by atoms with van der Waals surface area (Å²) in [6.07, 6.45) is 1.45. The van der Waals surface area contributed by atoms with Crippen LogP contribution in [0.1, 0.15) is 21.5 Å². The van der Waals surface area contributed by atoms with E-state index in [0.29, 0.717) is 11.3 Å². The molecule has 1 N–H and O–H groups in total. The molecular weight excluding hydrogens is 361 g/mol. The molecule has 2 aromatic carbocycles. The largest absolute Gasteiger partial charge is 0.478 e. The Hall–Kier alpha value is -2.51. The Kier molecular flexibility index (Phi) is 4.69. The summed E-state index contributed by atoms with van der Waals surface area (Å²) in [5.74, 6) is -1.92. The third-order valence-electron chi connectivity index (χ3n) is 3.70. The van der Waals surface area contributed by atoms with Crippen molar-refractivity contribution < 1.29 is 19.1 Å². The third-order valence-corrected chi connectivity index (χ3v) is 5.00. The van der Waals surface area contributed by atoms with Gasteiger partial charge < -0.3 is 5.11 Å². The number of rotatable bonds is 3. The number of aromatic carboxylic acids is 1. The number of nitrogens with zero attached hydrogens (tertiary/aromatic N) is 1. The predicted molar refractivity (Wildman–Crippen MR) is 100 cm³/mol. The average molecular weight is 373 g/mol. The fraction of sp³-hybridized carbons (Fsp3) is 0.0556. The van der Waals surface area contributed by atoms with Gasteiger partial charge in [-0.1, -0.05) is 48.2 Å². The Morgan fingerprint density at radius 1 is 1.28 bits per heavy atom. The topological polar surface area (TPSA) is 57.6 Å². The highest BCUT2D eigenvalue weighted by atomic mass is 32.2. The molecule has 0 spiro atoms. The summed E-state index contributed by atoms with van der Waals surface area (Å²) in [4.78, 5) is 25.5. The second-order valence-corrected chi connectivity index (χ2v) is 7.02. The first kappa shape index (κ1) is 17.3. The van der Waals surface area contributed by atoms with Crippen LogP contribution < -0.4 is 4.90 Å². The highest BCUT2D eigenvalue weighted by molar-refractivity contribution is 8.27. The van der Waals surface area contributed by atoms with E-state index in [1.165, 1.54) is 23.1 Å². The molecule has 1 aliphatic rings. The second-order valence-electron chi connectivity index (χ2n) is 5.34. The van der Waals surface area contributed by atoms with Gasteiger partial charge in [-0.05, 0) is 36.8 Å². The molecule has 0 bridgehead atoms. The summed E-state index contributed by atoms with van der Waals surface area (Å²) in [5.41, 5.74) is 1.36. The minimum absolute atomic E-state index is 0.102. The molecule has 1 amide bonds. The number of carboxylic acid groups (broad SMARTS) is 1. The summed E-state index contributed by atoms with van der Waals surface area (Å²) in [6, 6.07) is 10.8. The second kappa shape index (κ2) is 6.78. The molecule has 0 unspecified atom stereocenters. The number of benzene rings is 2. The lowest BCUT2D eigenvalue weighted by molar-refractivity contribution is -0.113. The molecule has 0 aliphatic carbocycles. The van der Waals surface area contributed by atoms with Crippen molar-refractivity contribution in [1.29, 1.82) is 0 Å². The highest BCUT2D eigenvalue weighted by Crippen LogP contribution is 2.36. The molecule has 0 atom stereocenters. The van der Waals surface area contributed by atoms with Gasteiger partial charge >= 0.3 is 5.97 Å². The maximum absolute atomic E-state index is 13.8. The van der Waals surface area contributed by atoms with Gasteiger partial charge in [-0.25, -0.2) is 9.18 Å². The van der Waals surface area contributed by atoms with Crippen LogP contribution in [0.2, 0.25) is 0 Å². The van der Waals surface area contributed by atoms with Crippen LogP contribution in [-0.2, 0) is 4.79 Å². The van der Waals surface area contributed by atoms with Gasteiger partial charge in [-0.15, -0.1) is 0 Å². The lowest BCUT2D eigenvalue weighted by Gasteiger charge is -2.15. The van der Waals surface area contributed by atoms with E-state index in [-0.39, 0.29) is 20.4 Å². The van der Waals surface area contributed by atoms with Gasteiger partial charge in [0.15, 0.2) is 4.32 Å². The van der Waals surface area contributed by atoms with Crippen molar-refractivity contribution in [3.63, 3.8) is 0 Å². The van der Waals surface area contributed by atoms with E-state index in [1.54, 1.807) is 37.3 Å². The van der Waals surface area contributed by atoms with Crippen LogP contribution in [0, 0.1) is 12.7 Å². The monoisotopic (exact) mass is 373 g/mol. The molecule has 1 saturated heterocycles. The molecule has 1 fully saturated rings. The van der Waals surface area contributed by atoms with Crippen LogP contribution in [0.25, 0.3) is 6.08 Å². The molecule has 0 saturated carbocycles. The number of thioether (sulfide) groups is 1. The number of hydrogen-bond donors (Lipinski definition) is 1. The first-order valence-corrected chi connectivity index (χ1v) is 8.47. The van der Waals surface area contributed by atoms with Crippen molar-refractivity contribution in [1.82, 2.24) is 0 Å². The molecule has 3 rings (SSSR count). The van der Waals surface area contributed by atoms with Gasteiger partial charge in [-0.2, -0.15) is 0 Å². The summed E-state index contributed by atoms with van der Waals surface area (Å²) in [6.45, 7) is 1.68. The molecule has 1 heterocycles. The zero-order chi connectivity index (χ0) is 18.1. The maximum atomic E-state index is 13.8. The van der Waals surface area contributed by atoms with Crippen molar-refractivity contribution in [3.05, 3.63) is 69.9 Å². The van der Waals surface area contributed by atoms with Gasteiger partial charge in [-0.3, -0.25) is 9.69 Å². The molecule has 1 aliphatic heterocycles. The molecular formula is C18H12FNO3S2. The number of carboxylic acids is 1. The first-order valence-electron chi connectivity index (χ1n) is 7.25. The molecule has 7 heteroatoms. The number of carbonyl (C=O) groups is 2. The molecule has 0 radical (unpaired) electrons. The summed E-state index contributed by atoms with van der Waals surface area (Å²) < 4.78 is 14.1. The average Bonchev–Trinajstić information content (AvgIpc) is 2.84. The fourth-order valence-electron chi connectivity index (χ4n) is 2.40. The minimum Gasteiger partial charge on any atom is -0.478 e. The summed E-state index contributed by atoms with van der Waals surface area (Å²) >= 11 is 6.31. The van der Waals surface area contributed by atoms with E-state index in [9.17, 15) is 19.1 Å². The van der Waals surface area contributed by atoms with Crippen LogP contribution in [-0.4, -0.2) is 21.3 Å². The van der Waals surface area contributed by atoms with Crippen molar-refractivity contribution >= 4 is 51.9 Å². The zero-order valence-corrected chi connectivity index (χ0v) is 14.7. The number of carbonyl (C=O) groups excluding carboxylic acids is 1.